The van der Waals surface area contributed by atoms with Gasteiger partial charge in [0.2, 0.25) is 0 Å². The molecule has 0 aliphatic carbocycles. The molecule has 2 aliphatic heterocycles. The third-order valence-corrected chi connectivity index (χ3v) is 6.06. The van der Waals surface area contributed by atoms with Crippen molar-refractivity contribution in [1.29, 1.82) is 0 Å². The third-order valence-electron chi connectivity index (χ3n) is 6.06. The molecule has 3 N–H and O–H groups in total. The van der Waals surface area contributed by atoms with Crippen LogP contribution < -0.4 is 15.8 Å². The van der Waals surface area contributed by atoms with Crippen molar-refractivity contribution >= 4 is 5.96 Å². The number of benzene rings is 2. The molecule has 154 valence electrons. The van der Waals surface area contributed by atoms with Crippen molar-refractivity contribution in [3.63, 3.8) is 0 Å². The van der Waals surface area contributed by atoms with Crippen LogP contribution in [0.3, 0.4) is 0 Å². The van der Waals surface area contributed by atoms with E-state index in [1.807, 2.05) is 18.2 Å². The summed E-state index contributed by atoms with van der Waals surface area (Å²) in [4.78, 5) is 7.14. The molecular weight excluding hydrogens is 360 g/mol. The van der Waals surface area contributed by atoms with Gasteiger partial charge in [0.05, 0.1) is 19.2 Å². The molecule has 5 nitrogen and oxygen atoms in total. The molecule has 4 rings (SSSR count). The maximum absolute atomic E-state index is 6.17. The second kappa shape index (κ2) is 9.31. The van der Waals surface area contributed by atoms with Crippen molar-refractivity contribution < 1.29 is 4.74 Å². The molecule has 0 bridgehead atoms. The summed E-state index contributed by atoms with van der Waals surface area (Å²) in [6.07, 6.45) is 4.89. The van der Waals surface area contributed by atoms with Crippen LogP contribution in [0.2, 0.25) is 0 Å². The van der Waals surface area contributed by atoms with Crippen LogP contribution >= 0.6 is 0 Å². The largest absolute Gasteiger partial charge is 0.493 e. The highest BCUT2D eigenvalue weighted by molar-refractivity contribution is 5.78. The normalized spacial score (nSPS) is 22.6. The Labute approximate surface area is 174 Å². The van der Waals surface area contributed by atoms with Crippen molar-refractivity contribution in [2.75, 3.05) is 13.2 Å². The van der Waals surface area contributed by atoms with E-state index in [2.05, 4.69) is 52.5 Å². The second-order valence-electron chi connectivity index (χ2n) is 8.21. The Bertz CT molecular complexity index is 833. The average Bonchev–Trinajstić information content (AvgIpc) is 2.75. The Morgan fingerprint density at radius 1 is 1.10 bits per heavy atom. The lowest BCUT2D eigenvalue weighted by Gasteiger charge is -2.33. The minimum absolute atomic E-state index is 0.151. The molecule has 5 heteroatoms. The number of fused-ring (bicyclic) bond motifs is 1. The minimum Gasteiger partial charge on any atom is -0.493 e. The second-order valence-corrected chi connectivity index (χ2v) is 8.21. The number of ether oxygens (including phenoxy) is 1. The number of guanidine groups is 1. The van der Waals surface area contributed by atoms with Gasteiger partial charge in [0.1, 0.15) is 5.75 Å². The van der Waals surface area contributed by atoms with Crippen molar-refractivity contribution in [2.45, 2.75) is 57.8 Å². The maximum atomic E-state index is 6.17. The van der Waals surface area contributed by atoms with Gasteiger partial charge in [-0.15, -0.1) is 0 Å². The predicted octanol–water partition coefficient (Wildman–Crippen LogP) is 3.99. The SMILES string of the molecule is CC1CCCCN1Cc1ccc(CN=C(N)NC2CCOc3ccccc32)cc1. The average molecular weight is 393 g/mol. The standard InChI is InChI=1S/C24H32N4O/c1-18-6-4-5-14-28(18)17-20-11-9-19(10-12-20)16-26-24(25)27-22-13-15-29-23-8-3-2-7-21(22)23/h2-3,7-12,18,22H,4-6,13-17H2,1H3,(H3,25,26,27). The number of hydrogen-bond donors (Lipinski definition) is 2. The lowest BCUT2D eigenvalue weighted by Crippen LogP contribution is -2.37. The molecule has 2 aromatic rings. The summed E-state index contributed by atoms with van der Waals surface area (Å²) in [6, 6.07) is 17.7. The summed E-state index contributed by atoms with van der Waals surface area (Å²) >= 11 is 0. The lowest BCUT2D eigenvalue weighted by atomic mass is 10.0. The van der Waals surface area contributed by atoms with E-state index >= 15 is 0 Å². The zero-order valence-corrected chi connectivity index (χ0v) is 17.3. The van der Waals surface area contributed by atoms with Gasteiger partial charge >= 0.3 is 0 Å². The number of aliphatic imine (C=N–C) groups is 1. The Kier molecular flexibility index (Phi) is 6.35. The highest BCUT2D eigenvalue weighted by Gasteiger charge is 2.21. The summed E-state index contributed by atoms with van der Waals surface area (Å²) in [5.74, 6) is 1.42. The number of nitrogens with two attached hydrogens (primary N) is 1. The number of hydrogen-bond acceptors (Lipinski definition) is 3. The van der Waals surface area contributed by atoms with E-state index < -0.39 is 0 Å². The Balaban J connectivity index is 1.32. The molecular formula is C24H32N4O. The minimum atomic E-state index is 0.151. The lowest BCUT2D eigenvalue weighted by molar-refractivity contribution is 0.152. The van der Waals surface area contributed by atoms with Gasteiger partial charge in [-0.3, -0.25) is 4.90 Å². The van der Waals surface area contributed by atoms with Gasteiger partial charge in [-0.2, -0.15) is 0 Å². The maximum Gasteiger partial charge on any atom is 0.189 e. The van der Waals surface area contributed by atoms with Gasteiger partial charge in [-0.25, -0.2) is 4.99 Å². The van der Waals surface area contributed by atoms with E-state index in [1.54, 1.807) is 0 Å². The summed E-state index contributed by atoms with van der Waals surface area (Å²) < 4.78 is 5.71. The van der Waals surface area contributed by atoms with Gasteiger partial charge in [-0.1, -0.05) is 48.9 Å². The van der Waals surface area contributed by atoms with E-state index in [0.29, 0.717) is 25.2 Å². The molecule has 2 aliphatic rings. The number of para-hydroxylation sites is 1. The fraction of sp³-hybridized carbons (Fsp3) is 0.458. The van der Waals surface area contributed by atoms with Gasteiger partial charge in [0.25, 0.3) is 0 Å². The molecule has 0 saturated carbocycles. The zero-order chi connectivity index (χ0) is 20.1. The highest BCUT2D eigenvalue weighted by Crippen LogP contribution is 2.31. The topological polar surface area (TPSA) is 62.9 Å². The summed E-state index contributed by atoms with van der Waals surface area (Å²) in [7, 11) is 0. The first-order valence-corrected chi connectivity index (χ1v) is 10.8. The van der Waals surface area contributed by atoms with Crippen molar-refractivity contribution in [1.82, 2.24) is 10.2 Å². The molecule has 2 atom stereocenters. The van der Waals surface area contributed by atoms with Crippen LogP contribution in [0.1, 0.15) is 55.3 Å². The number of nitrogens with zero attached hydrogens (tertiary/aromatic N) is 2. The van der Waals surface area contributed by atoms with Crippen LogP contribution in [-0.4, -0.2) is 30.1 Å². The van der Waals surface area contributed by atoms with E-state index in [-0.39, 0.29) is 6.04 Å². The van der Waals surface area contributed by atoms with Crippen molar-refractivity contribution in [2.24, 2.45) is 10.7 Å². The molecule has 29 heavy (non-hydrogen) atoms. The summed E-state index contributed by atoms with van der Waals surface area (Å²) in [5.41, 5.74) is 9.87. The van der Waals surface area contributed by atoms with Gasteiger partial charge in [-0.05, 0) is 43.5 Å². The number of piperidine rings is 1. The first-order valence-electron chi connectivity index (χ1n) is 10.8. The Morgan fingerprint density at radius 2 is 1.90 bits per heavy atom. The van der Waals surface area contributed by atoms with Crippen molar-refractivity contribution in [3.05, 3.63) is 65.2 Å². The van der Waals surface area contributed by atoms with Crippen molar-refractivity contribution in [3.8, 4) is 5.75 Å². The number of nitrogens with one attached hydrogen (secondary N) is 1. The van der Waals surface area contributed by atoms with Crippen LogP contribution in [-0.2, 0) is 13.1 Å². The highest BCUT2D eigenvalue weighted by atomic mass is 16.5. The van der Waals surface area contributed by atoms with Crippen LogP contribution in [0, 0.1) is 0 Å². The summed E-state index contributed by atoms with van der Waals surface area (Å²) in [6.45, 7) is 5.88. The van der Waals surface area contributed by atoms with Crippen LogP contribution in [0.4, 0.5) is 0 Å². The van der Waals surface area contributed by atoms with Gasteiger partial charge in [0, 0.05) is 24.6 Å². The van der Waals surface area contributed by atoms with E-state index in [9.17, 15) is 0 Å². The van der Waals surface area contributed by atoms with Gasteiger partial charge < -0.3 is 15.8 Å². The third kappa shape index (κ3) is 5.10. The Hall–Kier alpha value is -2.53. The molecule has 1 fully saturated rings. The first kappa shape index (κ1) is 19.8. The van der Waals surface area contributed by atoms with Crippen LogP contribution in [0.5, 0.6) is 5.75 Å². The number of likely N-dealkylation sites (tertiary alicyclic amines) is 1. The zero-order valence-electron chi connectivity index (χ0n) is 17.3. The first-order chi connectivity index (χ1) is 14.2. The summed E-state index contributed by atoms with van der Waals surface area (Å²) in [5, 5.41) is 3.36. The molecule has 0 spiro atoms. The molecule has 2 aromatic carbocycles. The molecule has 0 amide bonds. The smallest absolute Gasteiger partial charge is 0.189 e. The van der Waals surface area contributed by atoms with Gasteiger partial charge in [0.15, 0.2) is 5.96 Å². The monoisotopic (exact) mass is 392 g/mol. The molecule has 1 saturated heterocycles. The van der Waals surface area contributed by atoms with E-state index in [0.717, 1.165) is 24.3 Å². The molecule has 2 unspecified atom stereocenters. The van der Waals surface area contributed by atoms with E-state index in [1.165, 1.54) is 36.9 Å². The van der Waals surface area contributed by atoms with Crippen LogP contribution in [0.25, 0.3) is 0 Å². The Morgan fingerprint density at radius 3 is 2.72 bits per heavy atom. The molecule has 0 aromatic heterocycles. The predicted molar refractivity (Wildman–Crippen MR) is 118 cm³/mol. The number of rotatable bonds is 5. The molecule has 2 heterocycles. The fourth-order valence-electron chi connectivity index (χ4n) is 4.27. The fourth-order valence-corrected chi connectivity index (χ4v) is 4.27. The quantitative estimate of drug-likeness (QED) is 0.597. The van der Waals surface area contributed by atoms with Crippen LogP contribution in [0.15, 0.2) is 53.5 Å². The van der Waals surface area contributed by atoms with E-state index in [4.69, 9.17) is 10.5 Å². The molecule has 0 radical (unpaired) electrons.